The topological polar surface area (TPSA) is 42.2 Å². The Hall–Kier alpha value is -1.74. The van der Waals surface area contributed by atoms with Gasteiger partial charge in [-0.05, 0) is 42.7 Å². The highest BCUT2D eigenvalue weighted by Gasteiger charge is 2.40. The molecule has 1 aliphatic rings. The minimum atomic E-state index is -0.438. The molecule has 1 aromatic heterocycles. The molecule has 0 radical (unpaired) electrons. The van der Waals surface area contributed by atoms with Crippen molar-refractivity contribution in [2.45, 2.75) is 43.9 Å². The Kier molecular flexibility index (Phi) is 5.06. The Labute approximate surface area is 142 Å². The molecule has 1 aromatic carbocycles. The molecule has 1 aliphatic carbocycles. The van der Waals surface area contributed by atoms with E-state index in [0.29, 0.717) is 18.0 Å². The summed E-state index contributed by atoms with van der Waals surface area (Å²) in [6.45, 7) is 0.592. The Balaban J connectivity index is 1.74. The molecule has 1 fully saturated rings. The normalized spacial score (nSPS) is 16.9. The second kappa shape index (κ2) is 7.22. The zero-order valence-electron chi connectivity index (χ0n) is 13.2. The van der Waals surface area contributed by atoms with Gasteiger partial charge in [-0.25, -0.2) is 0 Å². The fraction of sp³-hybridized carbons (Fsp3) is 0.421. The van der Waals surface area contributed by atoms with Crippen LogP contribution in [-0.4, -0.2) is 12.5 Å². The zero-order valence-corrected chi connectivity index (χ0v) is 13.9. The SMILES string of the molecule is O=C(NCCc1ccco1)C1(c2cccc(Cl)c2)CCCCC1. The van der Waals surface area contributed by atoms with Crippen molar-refractivity contribution in [2.75, 3.05) is 6.54 Å². The summed E-state index contributed by atoms with van der Waals surface area (Å²) in [6, 6.07) is 11.6. The first-order valence-corrected chi connectivity index (χ1v) is 8.65. The minimum absolute atomic E-state index is 0.117. The van der Waals surface area contributed by atoms with Crippen molar-refractivity contribution in [2.24, 2.45) is 0 Å². The Morgan fingerprint density at radius 3 is 2.70 bits per heavy atom. The molecule has 0 aliphatic heterocycles. The summed E-state index contributed by atoms with van der Waals surface area (Å²) in [5.74, 6) is 1.01. The van der Waals surface area contributed by atoms with E-state index in [0.717, 1.165) is 37.0 Å². The lowest BCUT2D eigenvalue weighted by Gasteiger charge is -2.36. The summed E-state index contributed by atoms with van der Waals surface area (Å²) < 4.78 is 5.32. The number of benzene rings is 1. The largest absolute Gasteiger partial charge is 0.469 e. The highest BCUT2D eigenvalue weighted by molar-refractivity contribution is 6.30. The maximum atomic E-state index is 13.0. The maximum Gasteiger partial charge on any atom is 0.230 e. The fourth-order valence-corrected chi connectivity index (χ4v) is 3.70. The molecular weight excluding hydrogens is 310 g/mol. The molecule has 3 nitrogen and oxygen atoms in total. The molecule has 0 spiro atoms. The Morgan fingerprint density at radius 1 is 1.17 bits per heavy atom. The summed E-state index contributed by atoms with van der Waals surface area (Å²) >= 11 is 6.16. The molecule has 23 heavy (non-hydrogen) atoms. The van der Waals surface area contributed by atoms with Crippen LogP contribution < -0.4 is 5.32 Å². The van der Waals surface area contributed by atoms with Gasteiger partial charge >= 0.3 is 0 Å². The van der Waals surface area contributed by atoms with Crippen molar-refractivity contribution >= 4 is 17.5 Å². The average Bonchev–Trinajstić information content (AvgIpc) is 3.09. The third-order valence-electron chi connectivity index (χ3n) is 4.76. The van der Waals surface area contributed by atoms with Crippen molar-refractivity contribution in [3.05, 3.63) is 59.0 Å². The summed E-state index contributed by atoms with van der Waals surface area (Å²) in [4.78, 5) is 13.0. The van der Waals surface area contributed by atoms with Crippen LogP contribution in [0.1, 0.15) is 43.4 Å². The van der Waals surface area contributed by atoms with Crippen molar-refractivity contribution in [1.82, 2.24) is 5.32 Å². The Morgan fingerprint density at radius 2 is 2.00 bits per heavy atom. The number of furan rings is 1. The third kappa shape index (κ3) is 3.61. The van der Waals surface area contributed by atoms with E-state index in [9.17, 15) is 4.79 Å². The number of hydrogen-bond acceptors (Lipinski definition) is 2. The molecule has 1 heterocycles. The van der Waals surface area contributed by atoms with Crippen LogP contribution in [0.4, 0.5) is 0 Å². The molecule has 0 saturated heterocycles. The van der Waals surface area contributed by atoms with Crippen molar-refractivity contribution < 1.29 is 9.21 Å². The lowest BCUT2D eigenvalue weighted by molar-refractivity contribution is -0.128. The van der Waals surface area contributed by atoms with Crippen LogP contribution in [0.3, 0.4) is 0 Å². The molecule has 0 unspecified atom stereocenters. The molecule has 1 N–H and O–H groups in total. The molecule has 0 bridgehead atoms. The van der Waals surface area contributed by atoms with E-state index in [-0.39, 0.29) is 5.91 Å². The van der Waals surface area contributed by atoms with Crippen LogP contribution >= 0.6 is 11.6 Å². The highest BCUT2D eigenvalue weighted by atomic mass is 35.5. The van der Waals surface area contributed by atoms with Gasteiger partial charge in [-0.1, -0.05) is 43.0 Å². The van der Waals surface area contributed by atoms with E-state index in [1.807, 2.05) is 36.4 Å². The molecule has 1 saturated carbocycles. The van der Waals surface area contributed by atoms with Crippen LogP contribution in [0, 0.1) is 0 Å². The van der Waals surface area contributed by atoms with Gasteiger partial charge < -0.3 is 9.73 Å². The first-order valence-electron chi connectivity index (χ1n) is 8.27. The molecule has 3 rings (SSSR count). The van der Waals surface area contributed by atoms with Gasteiger partial charge in [0.1, 0.15) is 5.76 Å². The number of rotatable bonds is 5. The van der Waals surface area contributed by atoms with Crippen LogP contribution in [0.25, 0.3) is 0 Å². The van der Waals surface area contributed by atoms with E-state index in [2.05, 4.69) is 5.32 Å². The van der Waals surface area contributed by atoms with E-state index >= 15 is 0 Å². The van der Waals surface area contributed by atoms with E-state index in [1.165, 1.54) is 6.42 Å². The lowest BCUT2D eigenvalue weighted by Crippen LogP contribution is -2.46. The molecular formula is C19H22ClNO2. The molecule has 122 valence electrons. The third-order valence-corrected chi connectivity index (χ3v) is 4.99. The van der Waals surface area contributed by atoms with Gasteiger partial charge in [0.05, 0.1) is 11.7 Å². The molecule has 1 amide bonds. The molecule has 2 aromatic rings. The molecule has 0 atom stereocenters. The van der Waals surface area contributed by atoms with Crippen molar-refractivity contribution in [1.29, 1.82) is 0 Å². The smallest absolute Gasteiger partial charge is 0.230 e. The second-order valence-electron chi connectivity index (χ2n) is 6.24. The van der Waals surface area contributed by atoms with Crippen molar-refractivity contribution in [3.8, 4) is 0 Å². The summed E-state index contributed by atoms with van der Waals surface area (Å²) in [5, 5.41) is 3.80. The van der Waals surface area contributed by atoms with Gasteiger partial charge in [0.25, 0.3) is 0 Å². The van der Waals surface area contributed by atoms with Gasteiger partial charge in [-0.3, -0.25) is 4.79 Å². The number of carbonyl (C=O) groups excluding carboxylic acids is 1. The second-order valence-corrected chi connectivity index (χ2v) is 6.67. The lowest BCUT2D eigenvalue weighted by atomic mass is 9.68. The first kappa shape index (κ1) is 16.1. The number of hydrogen-bond donors (Lipinski definition) is 1. The highest BCUT2D eigenvalue weighted by Crippen LogP contribution is 2.40. The van der Waals surface area contributed by atoms with Crippen LogP contribution in [0.15, 0.2) is 47.1 Å². The quantitative estimate of drug-likeness (QED) is 0.876. The van der Waals surface area contributed by atoms with Crippen LogP contribution in [-0.2, 0) is 16.6 Å². The zero-order chi connectivity index (χ0) is 16.1. The van der Waals surface area contributed by atoms with Crippen molar-refractivity contribution in [3.63, 3.8) is 0 Å². The maximum absolute atomic E-state index is 13.0. The number of halogens is 1. The van der Waals surface area contributed by atoms with Gasteiger partial charge in [-0.15, -0.1) is 0 Å². The number of amides is 1. The van der Waals surface area contributed by atoms with E-state index < -0.39 is 5.41 Å². The van der Waals surface area contributed by atoms with Gasteiger partial charge in [0, 0.05) is 18.0 Å². The predicted octanol–water partition coefficient (Wildman–Crippen LogP) is 4.49. The minimum Gasteiger partial charge on any atom is -0.469 e. The summed E-state index contributed by atoms with van der Waals surface area (Å²) in [5.41, 5.74) is 0.604. The summed E-state index contributed by atoms with van der Waals surface area (Å²) in [7, 11) is 0. The van der Waals surface area contributed by atoms with E-state index in [1.54, 1.807) is 6.26 Å². The summed E-state index contributed by atoms with van der Waals surface area (Å²) in [6.07, 6.45) is 7.51. The fourth-order valence-electron chi connectivity index (χ4n) is 3.51. The molecule has 4 heteroatoms. The van der Waals surface area contributed by atoms with Crippen LogP contribution in [0.5, 0.6) is 0 Å². The Bertz CT molecular complexity index is 645. The first-order chi connectivity index (χ1) is 11.2. The standard InChI is InChI=1S/C19H22ClNO2/c20-16-7-4-6-15(14-16)19(10-2-1-3-11-19)18(22)21-12-9-17-8-5-13-23-17/h4-8,13-14H,1-3,9-12H2,(H,21,22). The number of nitrogens with one attached hydrogen (secondary N) is 1. The monoisotopic (exact) mass is 331 g/mol. The predicted molar refractivity (Wildman–Crippen MR) is 91.6 cm³/mol. The van der Waals surface area contributed by atoms with Gasteiger partial charge in [0.15, 0.2) is 0 Å². The number of carbonyl (C=O) groups is 1. The van der Waals surface area contributed by atoms with Gasteiger partial charge in [0.2, 0.25) is 5.91 Å². The van der Waals surface area contributed by atoms with Gasteiger partial charge in [-0.2, -0.15) is 0 Å². The van der Waals surface area contributed by atoms with E-state index in [4.69, 9.17) is 16.0 Å². The van der Waals surface area contributed by atoms with Crippen LogP contribution in [0.2, 0.25) is 5.02 Å². The average molecular weight is 332 g/mol.